The van der Waals surface area contributed by atoms with E-state index in [0.29, 0.717) is 6.04 Å². The van der Waals surface area contributed by atoms with Crippen LogP contribution in [-0.4, -0.2) is 46.7 Å². The first-order chi connectivity index (χ1) is 9.65. The van der Waals surface area contributed by atoms with Crippen molar-refractivity contribution in [1.29, 1.82) is 0 Å². The van der Waals surface area contributed by atoms with E-state index in [4.69, 9.17) is 0 Å². The van der Waals surface area contributed by atoms with Crippen molar-refractivity contribution in [2.75, 3.05) is 19.6 Å². The molecule has 0 bridgehead atoms. The number of piperidine rings is 1. The second kappa shape index (κ2) is 5.56. The lowest BCUT2D eigenvalue weighted by molar-refractivity contribution is 0.0703. The Morgan fingerprint density at radius 3 is 2.55 bits per heavy atom. The van der Waals surface area contributed by atoms with Crippen LogP contribution < -0.4 is 5.32 Å². The van der Waals surface area contributed by atoms with Crippen LogP contribution in [0.5, 0.6) is 0 Å². The Bertz CT molecular complexity index is 465. The molecule has 110 valence electrons. The minimum Gasteiger partial charge on any atom is -0.338 e. The molecule has 1 amide bonds. The van der Waals surface area contributed by atoms with Gasteiger partial charge in [0.15, 0.2) is 0 Å². The molecule has 2 N–H and O–H groups in total. The highest BCUT2D eigenvalue weighted by Gasteiger charge is 2.28. The number of carbonyl (C=O) groups is 1. The van der Waals surface area contributed by atoms with Crippen molar-refractivity contribution in [2.45, 2.75) is 45.6 Å². The predicted octanol–water partition coefficient (Wildman–Crippen LogP) is 1.63. The molecule has 1 saturated heterocycles. The van der Waals surface area contributed by atoms with Crippen molar-refractivity contribution in [1.82, 2.24) is 20.4 Å². The van der Waals surface area contributed by atoms with Gasteiger partial charge in [-0.25, -0.2) is 0 Å². The smallest absolute Gasteiger partial charge is 0.257 e. The molecule has 5 heteroatoms. The number of aryl methyl sites for hydroxylation is 2. The van der Waals surface area contributed by atoms with Gasteiger partial charge in [-0.15, -0.1) is 0 Å². The van der Waals surface area contributed by atoms with E-state index in [2.05, 4.69) is 15.5 Å². The summed E-state index contributed by atoms with van der Waals surface area (Å²) in [5.41, 5.74) is 2.44. The molecule has 1 aliphatic carbocycles. The molecule has 2 heterocycles. The number of aromatic amines is 1. The average Bonchev–Trinajstić information content (AvgIpc) is 3.22. The Morgan fingerprint density at radius 2 is 2.00 bits per heavy atom. The highest BCUT2D eigenvalue weighted by Crippen LogP contribution is 2.28. The second-order valence-electron chi connectivity index (χ2n) is 6.23. The molecule has 1 aromatic rings. The molecule has 20 heavy (non-hydrogen) atoms. The molecule has 3 rings (SSSR count). The number of likely N-dealkylation sites (tertiary alicyclic amines) is 1. The Kier molecular flexibility index (Phi) is 3.78. The summed E-state index contributed by atoms with van der Waals surface area (Å²) < 4.78 is 0. The molecular weight excluding hydrogens is 252 g/mol. The maximum Gasteiger partial charge on any atom is 0.257 e. The molecule has 1 saturated carbocycles. The van der Waals surface area contributed by atoms with Gasteiger partial charge in [0, 0.05) is 24.8 Å². The Hall–Kier alpha value is -1.36. The van der Waals surface area contributed by atoms with Crippen LogP contribution >= 0.6 is 0 Å². The number of rotatable bonds is 4. The molecule has 2 fully saturated rings. The van der Waals surface area contributed by atoms with Crippen molar-refractivity contribution >= 4 is 5.91 Å². The van der Waals surface area contributed by atoms with Crippen LogP contribution in [0.3, 0.4) is 0 Å². The summed E-state index contributed by atoms with van der Waals surface area (Å²) in [5, 5.41) is 10.7. The van der Waals surface area contributed by atoms with Gasteiger partial charge in [0.05, 0.1) is 11.3 Å². The molecule has 0 unspecified atom stereocenters. The quantitative estimate of drug-likeness (QED) is 0.878. The van der Waals surface area contributed by atoms with Gasteiger partial charge in [-0.2, -0.15) is 5.10 Å². The molecule has 5 nitrogen and oxygen atoms in total. The van der Waals surface area contributed by atoms with Crippen molar-refractivity contribution in [2.24, 2.45) is 5.92 Å². The van der Waals surface area contributed by atoms with Crippen LogP contribution in [0.1, 0.15) is 47.4 Å². The van der Waals surface area contributed by atoms with Crippen molar-refractivity contribution < 1.29 is 4.79 Å². The van der Waals surface area contributed by atoms with E-state index in [1.807, 2.05) is 18.7 Å². The summed E-state index contributed by atoms with van der Waals surface area (Å²) in [7, 11) is 0. The van der Waals surface area contributed by atoms with Crippen LogP contribution in [0.4, 0.5) is 0 Å². The van der Waals surface area contributed by atoms with Gasteiger partial charge in [0.1, 0.15) is 0 Å². The van der Waals surface area contributed by atoms with E-state index in [-0.39, 0.29) is 5.91 Å². The van der Waals surface area contributed by atoms with E-state index in [9.17, 15) is 4.79 Å². The lowest BCUT2D eigenvalue weighted by atomic mass is 10.0. The van der Waals surface area contributed by atoms with Gasteiger partial charge in [0.25, 0.3) is 5.91 Å². The second-order valence-corrected chi connectivity index (χ2v) is 6.23. The summed E-state index contributed by atoms with van der Waals surface area (Å²) in [6.07, 6.45) is 4.91. The first-order valence-electron chi connectivity index (χ1n) is 7.69. The highest BCUT2D eigenvalue weighted by atomic mass is 16.2. The summed E-state index contributed by atoms with van der Waals surface area (Å²) in [5.74, 6) is 1.06. The largest absolute Gasteiger partial charge is 0.338 e. The number of aromatic nitrogens is 2. The van der Waals surface area contributed by atoms with E-state index >= 15 is 0 Å². The van der Waals surface area contributed by atoms with E-state index in [1.54, 1.807) is 0 Å². The molecular formula is C15H24N4O. The van der Waals surface area contributed by atoms with Crippen molar-refractivity contribution in [3.63, 3.8) is 0 Å². The average molecular weight is 276 g/mol. The van der Waals surface area contributed by atoms with E-state index < -0.39 is 0 Å². The van der Waals surface area contributed by atoms with E-state index in [1.165, 1.54) is 19.4 Å². The maximum atomic E-state index is 12.5. The minimum absolute atomic E-state index is 0.134. The summed E-state index contributed by atoms with van der Waals surface area (Å²) in [6, 6.07) is 0.589. The van der Waals surface area contributed by atoms with Gasteiger partial charge in [0.2, 0.25) is 0 Å². The third-order valence-corrected chi connectivity index (χ3v) is 4.52. The van der Waals surface area contributed by atoms with Crippen LogP contribution in [0.25, 0.3) is 0 Å². The monoisotopic (exact) mass is 276 g/mol. The molecule has 0 aromatic carbocycles. The van der Waals surface area contributed by atoms with Crippen LogP contribution in [-0.2, 0) is 0 Å². The predicted molar refractivity (Wildman–Crippen MR) is 77.7 cm³/mol. The maximum absolute atomic E-state index is 12.5. The standard InChI is InChI=1S/C15H24N4O/c1-10-14(11(2)18-17-10)15(20)19-7-5-13(6-8-19)16-9-12-3-4-12/h12-13,16H,3-9H2,1-2H3,(H,17,18). The summed E-state index contributed by atoms with van der Waals surface area (Å²) >= 11 is 0. The first kappa shape index (κ1) is 13.6. The third kappa shape index (κ3) is 2.87. The number of amides is 1. The number of H-pyrrole nitrogens is 1. The number of hydrogen-bond donors (Lipinski definition) is 2. The molecule has 2 aliphatic rings. The molecule has 0 spiro atoms. The molecule has 0 atom stereocenters. The summed E-state index contributed by atoms with van der Waals surface area (Å²) in [4.78, 5) is 14.5. The zero-order chi connectivity index (χ0) is 14.1. The zero-order valence-electron chi connectivity index (χ0n) is 12.4. The fourth-order valence-corrected chi connectivity index (χ4v) is 2.97. The lowest BCUT2D eigenvalue weighted by Gasteiger charge is -2.32. The number of carbonyl (C=O) groups excluding carboxylic acids is 1. The number of hydrogen-bond acceptors (Lipinski definition) is 3. The van der Waals surface area contributed by atoms with E-state index in [0.717, 1.165) is 48.8 Å². The Labute approximate surface area is 120 Å². The topological polar surface area (TPSA) is 61.0 Å². The van der Waals surface area contributed by atoms with Crippen molar-refractivity contribution in [3.8, 4) is 0 Å². The van der Waals surface area contributed by atoms with Crippen molar-refractivity contribution in [3.05, 3.63) is 17.0 Å². The van der Waals surface area contributed by atoms with Crippen LogP contribution in [0, 0.1) is 19.8 Å². The first-order valence-corrected chi connectivity index (χ1v) is 7.69. The Balaban J connectivity index is 1.53. The highest BCUT2D eigenvalue weighted by molar-refractivity contribution is 5.96. The van der Waals surface area contributed by atoms with Gasteiger partial charge >= 0.3 is 0 Å². The lowest BCUT2D eigenvalue weighted by Crippen LogP contribution is -2.45. The molecule has 1 aromatic heterocycles. The number of nitrogens with one attached hydrogen (secondary N) is 2. The van der Waals surface area contributed by atoms with Gasteiger partial charge in [-0.05, 0) is 52.0 Å². The molecule has 1 aliphatic heterocycles. The normalized spacial score (nSPS) is 20.4. The fraction of sp³-hybridized carbons (Fsp3) is 0.733. The number of nitrogens with zero attached hydrogens (tertiary/aromatic N) is 2. The third-order valence-electron chi connectivity index (χ3n) is 4.52. The van der Waals surface area contributed by atoms with Crippen LogP contribution in [0.2, 0.25) is 0 Å². The van der Waals surface area contributed by atoms with Gasteiger partial charge in [-0.3, -0.25) is 9.89 Å². The SMILES string of the molecule is Cc1n[nH]c(C)c1C(=O)N1CCC(NCC2CC2)CC1. The minimum atomic E-state index is 0.134. The fourth-order valence-electron chi connectivity index (χ4n) is 2.97. The summed E-state index contributed by atoms with van der Waals surface area (Å²) in [6.45, 7) is 6.67. The molecule has 0 radical (unpaired) electrons. The van der Waals surface area contributed by atoms with Gasteiger partial charge in [-0.1, -0.05) is 0 Å². The van der Waals surface area contributed by atoms with Gasteiger partial charge < -0.3 is 10.2 Å². The van der Waals surface area contributed by atoms with Crippen LogP contribution in [0.15, 0.2) is 0 Å². The Morgan fingerprint density at radius 1 is 1.30 bits per heavy atom. The zero-order valence-corrected chi connectivity index (χ0v) is 12.4.